The summed E-state index contributed by atoms with van der Waals surface area (Å²) in [4.78, 5) is 6.86. The van der Waals surface area contributed by atoms with E-state index in [-0.39, 0.29) is 0 Å². The van der Waals surface area contributed by atoms with Gasteiger partial charge in [-0.3, -0.25) is 4.98 Å². The predicted molar refractivity (Wildman–Crippen MR) is 74.1 cm³/mol. The second-order valence-electron chi connectivity index (χ2n) is 4.99. The highest BCUT2D eigenvalue weighted by molar-refractivity contribution is 5.73. The number of pyridine rings is 1. The van der Waals surface area contributed by atoms with Crippen molar-refractivity contribution in [2.45, 2.75) is 39.7 Å². The molecule has 2 heterocycles. The van der Waals surface area contributed by atoms with E-state index in [2.05, 4.69) is 68.1 Å². The lowest BCUT2D eigenvalue weighted by molar-refractivity contribution is 0.752. The zero-order valence-corrected chi connectivity index (χ0v) is 11.0. The quantitative estimate of drug-likeness (QED) is 0.761. The van der Waals surface area contributed by atoms with Gasteiger partial charge in [0, 0.05) is 24.0 Å². The molecule has 2 heteroatoms. The van der Waals surface area contributed by atoms with E-state index < -0.39 is 0 Å². The van der Waals surface area contributed by atoms with Crippen LogP contribution in [0.25, 0.3) is 6.08 Å². The Balaban J connectivity index is 2.62. The molecule has 1 aromatic heterocycles. The van der Waals surface area contributed by atoms with Gasteiger partial charge in [-0.1, -0.05) is 26.0 Å². The summed E-state index contributed by atoms with van der Waals surface area (Å²) in [6, 6.07) is 2.52. The maximum absolute atomic E-state index is 4.56. The van der Waals surface area contributed by atoms with Crippen molar-refractivity contribution in [3.8, 4) is 0 Å². The molecule has 0 saturated heterocycles. The number of allylic oxidation sites excluding steroid dienone is 2. The van der Waals surface area contributed by atoms with Crippen LogP contribution in [-0.2, 0) is 0 Å². The molecule has 17 heavy (non-hydrogen) atoms. The van der Waals surface area contributed by atoms with Crippen molar-refractivity contribution in [1.29, 1.82) is 0 Å². The summed E-state index contributed by atoms with van der Waals surface area (Å²) in [7, 11) is 0. The summed E-state index contributed by atoms with van der Waals surface area (Å²) in [5.74, 6) is 0.436. The minimum absolute atomic E-state index is 0.436. The molecule has 0 aliphatic carbocycles. The van der Waals surface area contributed by atoms with E-state index in [0.29, 0.717) is 12.0 Å². The van der Waals surface area contributed by atoms with Crippen molar-refractivity contribution in [2.24, 2.45) is 0 Å². The SMILES string of the molecule is CC(C)c1nccc2c1N(C(C)C)C=CC=C2. The minimum atomic E-state index is 0.436. The summed E-state index contributed by atoms with van der Waals surface area (Å²) in [5, 5.41) is 0. The number of aromatic nitrogens is 1. The highest BCUT2D eigenvalue weighted by Crippen LogP contribution is 2.33. The second-order valence-corrected chi connectivity index (χ2v) is 4.99. The van der Waals surface area contributed by atoms with Crippen LogP contribution in [0.5, 0.6) is 0 Å². The van der Waals surface area contributed by atoms with Gasteiger partial charge in [-0.2, -0.15) is 0 Å². The van der Waals surface area contributed by atoms with E-state index in [9.17, 15) is 0 Å². The molecule has 0 fully saturated rings. The first-order valence-corrected chi connectivity index (χ1v) is 6.23. The number of hydrogen-bond donors (Lipinski definition) is 0. The summed E-state index contributed by atoms with van der Waals surface area (Å²) in [6.07, 6.45) is 10.4. The molecule has 2 nitrogen and oxygen atoms in total. The maximum atomic E-state index is 4.56. The van der Waals surface area contributed by atoms with Gasteiger partial charge < -0.3 is 4.90 Å². The first kappa shape index (κ1) is 11.9. The van der Waals surface area contributed by atoms with Crippen LogP contribution < -0.4 is 4.90 Å². The molecule has 0 saturated carbocycles. The molecule has 0 atom stereocenters. The molecule has 1 aromatic rings. The lowest BCUT2D eigenvalue weighted by Crippen LogP contribution is -2.26. The van der Waals surface area contributed by atoms with E-state index in [0.717, 1.165) is 0 Å². The zero-order valence-electron chi connectivity index (χ0n) is 11.0. The van der Waals surface area contributed by atoms with Gasteiger partial charge in [-0.25, -0.2) is 0 Å². The fourth-order valence-electron chi connectivity index (χ4n) is 2.13. The van der Waals surface area contributed by atoms with Gasteiger partial charge in [0.15, 0.2) is 0 Å². The van der Waals surface area contributed by atoms with E-state index in [1.54, 1.807) is 0 Å². The third-order valence-electron chi connectivity index (χ3n) is 2.98. The minimum Gasteiger partial charge on any atom is -0.344 e. The Bertz CT molecular complexity index is 456. The highest BCUT2D eigenvalue weighted by Gasteiger charge is 2.19. The number of fused-ring (bicyclic) bond motifs is 1. The van der Waals surface area contributed by atoms with Gasteiger partial charge >= 0.3 is 0 Å². The summed E-state index contributed by atoms with van der Waals surface area (Å²) in [5.41, 5.74) is 3.68. The molecule has 0 radical (unpaired) electrons. The predicted octanol–water partition coefficient (Wildman–Crippen LogP) is 3.96. The third kappa shape index (κ3) is 2.26. The Morgan fingerprint density at radius 1 is 1.12 bits per heavy atom. The van der Waals surface area contributed by atoms with Gasteiger partial charge in [0.1, 0.15) is 0 Å². The van der Waals surface area contributed by atoms with Gasteiger partial charge in [-0.15, -0.1) is 0 Å². The van der Waals surface area contributed by atoms with Crippen LogP contribution in [0, 0.1) is 0 Å². The Labute approximate surface area is 104 Å². The lowest BCUT2D eigenvalue weighted by Gasteiger charge is -2.28. The number of nitrogens with zero attached hydrogens (tertiary/aromatic N) is 2. The largest absolute Gasteiger partial charge is 0.344 e. The molecule has 0 N–H and O–H groups in total. The lowest BCUT2D eigenvalue weighted by atomic mass is 10.0. The average molecular weight is 228 g/mol. The maximum Gasteiger partial charge on any atom is 0.0703 e. The van der Waals surface area contributed by atoms with Gasteiger partial charge in [0.25, 0.3) is 0 Å². The molecular formula is C15H20N2. The smallest absolute Gasteiger partial charge is 0.0703 e. The highest BCUT2D eigenvalue weighted by atomic mass is 15.1. The monoisotopic (exact) mass is 228 g/mol. The topological polar surface area (TPSA) is 16.1 Å². The molecule has 0 bridgehead atoms. The molecule has 0 unspecified atom stereocenters. The summed E-state index contributed by atoms with van der Waals surface area (Å²) < 4.78 is 0. The molecular weight excluding hydrogens is 208 g/mol. The molecule has 90 valence electrons. The van der Waals surface area contributed by atoms with Crippen LogP contribution in [0.4, 0.5) is 5.69 Å². The van der Waals surface area contributed by atoms with Crippen LogP contribution in [-0.4, -0.2) is 11.0 Å². The molecule has 2 rings (SSSR count). The van der Waals surface area contributed by atoms with Gasteiger partial charge in [0.05, 0.1) is 11.4 Å². The van der Waals surface area contributed by atoms with Crippen molar-refractivity contribution in [1.82, 2.24) is 4.98 Å². The van der Waals surface area contributed by atoms with E-state index in [4.69, 9.17) is 0 Å². The Morgan fingerprint density at radius 2 is 1.88 bits per heavy atom. The standard InChI is InChI=1S/C15H20N2/c1-11(2)14-15-13(8-9-16-14)7-5-6-10-17(15)12(3)4/h5-12H,1-4H3. The zero-order chi connectivity index (χ0) is 12.4. The number of hydrogen-bond acceptors (Lipinski definition) is 2. The summed E-state index contributed by atoms with van der Waals surface area (Å²) >= 11 is 0. The van der Waals surface area contributed by atoms with Crippen LogP contribution >= 0.6 is 0 Å². The van der Waals surface area contributed by atoms with Crippen LogP contribution in [0.2, 0.25) is 0 Å². The average Bonchev–Trinajstić information content (AvgIpc) is 2.50. The van der Waals surface area contributed by atoms with Crippen molar-refractivity contribution >= 4 is 11.8 Å². The Hall–Kier alpha value is -1.57. The fourth-order valence-corrected chi connectivity index (χ4v) is 2.13. The van der Waals surface area contributed by atoms with E-state index in [1.807, 2.05) is 6.20 Å². The van der Waals surface area contributed by atoms with E-state index in [1.165, 1.54) is 16.9 Å². The Morgan fingerprint density at radius 3 is 2.53 bits per heavy atom. The van der Waals surface area contributed by atoms with Gasteiger partial charge in [-0.05, 0) is 31.9 Å². The number of anilines is 1. The molecule has 0 aromatic carbocycles. The van der Waals surface area contributed by atoms with E-state index >= 15 is 0 Å². The molecule has 1 aliphatic heterocycles. The molecule has 0 spiro atoms. The molecule has 1 aliphatic rings. The van der Waals surface area contributed by atoms with Crippen LogP contribution in [0.1, 0.15) is 44.9 Å². The van der Waals surface area contributed by atoms with Crippen LogP contribution in [0.15, 0.2) is 30.6 Å². The van der Waals surface area contributed by atoms with Crippen molar-refractivity contribution in [2.75, 3.05) is 4.90 Å². The normalized spacial score (nSPS) is 14.4. The first-order valence-electron chi connectivity index (χ1n) is 6.23. The molecule has 0 amide bonds. The van der Waals surface area contributed by atoms with Crippen molar-refractivity contribution < 1.29 is 0 Å². The van der Waals surface area contributed by atoms with Gasteiger partial charge in [0.2, 0.25) is 0 Å². The second kappa shape index (κ2) is 4.74. The Kier molecular flexibility index (Phi) is 3.32. The first-order chi connectivity index (χ1) is 8.11. The van der Waals surface area contributed by atoms with Crippen molar-refractivity contribution in [3.05, 3.63) is 41.9 Å². The fraction of sp³-hybridized carbons (Fsp3) is 0.400. The van der Waals surface area contributed by atoms with Crippen molar-refractivity contribution in [3.63, 3.8) is 0 Å². The third-order valence-corrected chi connectivity index (χ3v) is 2.98. The summed E-state index contributed by atoms with van der Waals surface area (Å²) in [6.45, 7) is 8.80. The van der Waals surface area contributed by atoms with Crippen LogP contribution in [0.3, 0.4) is 0 Å². The number of rotatable bonds is 2.